The molecule has 0 bridgehead atoms. The van der Waals surface area contributed by atoms with Gasteiger partial charge >= 0.3 is 0 Å². The van der Waals surface area contributed by atoms with Crippen molar-refractivity contribution in [1.82, 2.24) is 4.98 Å². The average Bonchev–Trinajstić information content (AvgIpc) is 2.60. The maximum atomic E-state index is 11.8. The fraction of sp³-hybridized carbons (Fsp3) is 0.400. The monoisotopic (exact) mass is 305 g/mol. The number of rotatable bonds is 1. The summed E-state index contributed by atoms with van der Waals surface area (Å²) in [4.78, 5) is 6.45. The van der Waals surface area contributed by atoms with E-state index in [9.17, 15) is 8.42 Å². The van der Waals surface area contributed by atoms with Crippen molar-refractivity contribution in [1.29, 1.82) is 0 Å². The first-order valence-corrected chi connectivity index (χ1v) is 8.89. The zero-order valence-electron chi connectivity index (χ0n) is 12.0. The van der Waals surface area contributed by atoms with Crippen LogP contribution in [0.25, 0.3) is 10.8 Å². The van der Waals surface area contributed by atoms with Crippen LogP contribution < -0.4 is 10.6 Å². The third-order valence-electron chi connectivity index (χ3n) is 3.94. The van der Waals surface area contributed by atoms with Crippen LogP contribution in [0.1, 0.15) is 12.1 Å². The first-order chi connectivity index (χ1) is 9.96. The predicted molar refractivity (Wildman–Crippen MR) is 86.4 cm³/mol. The van der Waals surface area contributed by atoms with E-state index >= 15 is 0 Å². The highest BCUT2D eigenvalue weighted by Crippen LogP contribution is 2.31. The molecule has 1 aromatic carbocycles. The van der Waals surface area contributed by atoms with E-state index in [0.29, 0.717) is 18.7 Å². The van der Waals surface area contributed by atoms with Gasteiger partial charge in [-0.1, -0.05) is 0 Å². The summed E-state index contributed by atoms with van der Waals surface area (Å²) in [5, 5.41) is 1.96. The minimum Gasteiger partial charge on any atom is -0.398 e. The molecule has 0 aliphatic carbocycles. The Morgan fingerprint density at radius 1 is 1.19 bits per heavy atom. The molecular formula is C15H19N3O2S. The Balaban J connectivity index is 2.08. The first kappa shape index (κ1) is 14.1. The Labute approximate surface area is 124 Å². The van der Waals surface area contributed by atoms with Gasteiger partial charge in [0.15, 0.2) is 9.84 Å². The molecule has 0 radical (unpaired) electrons. The van der Waals surface area contributed by atoms with Gasteiger partial charge in [-0.2, -0.15) is 0 Å². The van der Waals surface area contributed by atoms with E-state index in [4.69, 9.17) is 5.73 Å². The zero-order valence-corrected chi connectivity index (χ0v) is 12.9. The molecule has 3 rings (SSSR count). The molecule has 1 aliphatic rings. The van der Waals surface area contributed by atoms with Crippen molar-refractivity contribution in [3.05, 3.63) is 30.1 Å². The molecule has 5 nitrogen and oxygen atoms in total. The van der Waals surface area contributed by atoms with Gasteiger partial charge < -0.3 is 10.6 Å². The standard InChI is InChI=1S/C15H19N3O2S/c1-11-9-12-13(10-17-11)14(16)3-4-15(12)18-5-2-7-21(19,20)8-6-18/h3-4,9-10H,2,5-8,16H2,1H3. The van der Waals surface area contributed by atoms with Crippen LogP contribution in [-0.2, 0) is 9.84 Å². The minimum absolute atomic E-state index is 0.211. The molecule has 0 amide bonds. The van der Waals surface area contributed by atoms with Gasteiger partial charge in [-0.05, 0) is 31.5 Å². The molecule has 0 unspecified atom stereocenters. The third kappa shape index (κ3) is 2.81. The van der Waals surface area contributed by atoms with Crippen LogP contribution in [0.2, 0.25) is 0 Å². The molecule has 0 saturated carbocycles. The van der Waals surface area contributed by atoms with Gasteiger partial charge in [0.2, 0.25) is 0 Å². The molecule has 1 aliphatic heterocycles. The Hall–Kier alpha value is -1.82. The van der Waals surface area contributed by atoms with E-state index in [1.54, 1.807) is 6.20 Å². The molecular weight excluding hydrogens is 286 g/mol. The van der Waals surface area contributed by atoms with Crippen LogP contribution in [0.15, 0.2) is 24.4 Å². The van der Waals surface area contributed by atoms with Gasteiger partial charge in [0, 0.05) is 47.1 Å². The van der Waals surface area contributed by atoms with Gasteiger partial charge in [0.25, 0.3) is 0 Å². The van der Waals surface area contributed by atoms with Crippen LogP contribution in [0.4, 0.5) is 11.4 Å². The Morgan fingerprint density at radius 2 is 2.00 bits per heavy atom. The zero-order chi connectivity index (χ0) is 15.0. The quantitative estimate of drug-likeness (QED) is 0.812. The lowest BCUT2D eigenvalue weighted by molar-refractivity contribution is 0.597. The van der Waals surface area contributed by atoms with Crippen LogP contribution in [0.5, 0.6) is 0 Å². The van der Waals surface area contributed by atoms with E-state index < -0.39 is 9.84 Å². The smallest absolute Gasteiger partial charge is 0.152 e. The number of benzene rings is 1. The molecule has 112 valence electrons. The molecule has 0 spiro atoms. The van der Waals surface area contributed by atoms with Gasteiger partial charge in [0.05, 0.1) is 11.5 Å². The number of aryl methyl sites for hydroxylation is 1. The van der Waals surface area contributed by atoms with Crippen molar-refractivity contribution in [2.75, 3.05) is 35.2 Å². The number of nitrogens with two attached hydrogens (primary N) is 1. The number of nitrogen functional groups attached to an aromatic ring is 1. The highest BCUT2D eigenvalue weighted by atomic mass is 32.2. The summed E-state index contributed by atoms with van der Waals surface area (Å²) in [5.41, 5.74) is 8.69. The molecule has 1 aromatic heterocycles. The van der Waals surface area contributed by atoms with Crippen molar-refractivity contribution >= 4 is 32.0 Å². The van der Waals surface area contributed by atoms with Gasteiger partial charge in [-0.3, -0.25) is 4.98 Å². The van der Waals surface area contributed by atoms with E-state index in [1.807, 2.05) is 25.1 Å². The van der Waals surface area contributed by atoms with Crippen LogP contribution in [0, 0.1) is 6.92 Å². The van der Waals surface area contributed by atoms with Crippen molar-refractivity contribution < 1.29 is 8.42 Å². The number of pyridine rings is 1. The predicted octanol–water partition coefficient (Wildman–Crippen LogP) is 1.75. The lowest BCUT2D eigenvalue weighted by Gasteiger charge is -2.24. The summed E-state index contributed by atoms with van der Waals surface area (Å²) in [7, 11) is -2.91. The molecule has 1 saturated heterocycles. The molecule has 2 N–H and O–H groups in total. The summed E-state index contributed by atoms with van der Waals surface area (Å²) < 4.78 is 23.5. The van der Waals surface area contributed by atoms with Gasteiger partial charge in [-0.25, -0.2) is 8.42 Å². The molecule has 1 fully saturated rings. The Kier molecular flexibility index (Phi) is 3.49. The van der Waals surface area contributed by atoms with Crippen LogP contribution >= 0.6 is 0 Å². The molecule has 0 atom stereocenters. The van der Waals surface area contributed by atoms with E-state index in [-0.39, 0.29) is 11.5 Å². The number of nitrogens with zero attached hydrogens (tertiary/aromatic N) is 2. The molecule has 6 heteroatoms. The second kappa shape index (κ2) is 5.18. The second-order valence-electron chi connectivity index (χ2n) is 5.54. The normalized spacial score (nSPS) is 18.6. The number of hydrogen-bond donors (Lipinski definition) is 1. The maximum absolute atomic E-state index is 11.8. The average molecular weight is 305 g/mol. The SMILES string of the molecule is Cc1cc2c(N3CCCS(=O)(=O)CC3)ccc(N)c2cn1. The molecule has 21 heavy (non-hydrogen) atoms. The van der Waals surface area contributed by atoms with Crippen LogP contribution in [0.3, 0.4) is 0 Å². The highest BCUT2D eigenvalue weighted by molar-refractivity contribution is 7.91. The lowest BCUT2D eigenvalue weighted by Crippen LogP contribution is -2.27. The van der Waals surface area contributed by atoms with Crippen molar-refractivity contribution in [3.8, 4) is 0 Å². The van der Waals surface area contributed by atoms with E-state index in [1.165, 1.54) is 0 Å². The molecule has 2 aromatic rings. The fourth-order valence-corrected chi connectivity index (χ4v) is 4.08. The highest BCUT2D eigenvalue weighted by Gasteiger charge is 2.20. The Morgan fingerprint density at radius 3 is 2.81 bits per heavy atom. The number of fused-ring (bicyclic) bond motifs is 1. The summed E-state index contributed by atoms with van der Waals surface area (Å²) in [6.45, 7) is 3.22. The van der Waals surface area contributed by atoms with Crippen LogP contribution in [-0.4, -0.2) is 38.0 Å². The third-order valence-corrected chi connectivity index (χ3v) is 5.66. The minimum atomic E-state index is -2.91. The van der Waals surface area contributed by atoms with Crippen molar-refractivity contribution in [3.63, 3.8) is 0 Å². The van der Waals surface area contributed by atoms with E-state index in [2.05, 4.69) is 9.88 Å². The maximum Gasteiger partial charge on any atom is 0.152 e. The first-order valence-electron chi connectivity index (χ1n) is 7.06. The van der Waals surface area contributed by atoms with Gasteiger partial charge in [-0.15, -0.1) is 0 Å². The molecule has 2 heterocycles. The van der Waals surface area contributed by atoms with Crippen molar-refractivity contribution in [2.24, 2.45) is 0 Å². The summed E-state index contributed by atoms with van der Waals surface area (Å²) in [6.07, 6.45) is 2.45. The summed E-state index contributed by atoms with van der Waals surface area (Å²) >= 11 is 0. The topological polar surface area (TPSA) is 76.3 Å². The number of anilines is 2. The summed E-state index contributed by atoms with van der Waals surface area (Å²) in [5.74, 6) is 0.486. The largest absolute Gasteiger partial charge is 0.398 e. The fourth-order valence-electron chi connectivity index (χ4n) is 2.81. The number of hydrogen-bond acceptors (Lipinski definition) is 5. The van der Waals surface area contributed by atoms with E-state index in [0.717, 1.165) is 28.7 Å². The summed E-state index contributed by atoms with van der Waals surface area (Å²) in [6, 6.07) is 5.86. The lowest BCUT2D eigenvalue weighted by atomic mass is 10.1. The van der Waals surface area contributed by atoms with Gasteiger partial charge in [0.1, 0.15) is 0 Å². The second-order valence-corrected chi connectivity index (χ2v) is 7.84. The number of aromatic nitrogens is 1. The van der Waals surface area contributed by atoms with Crippen molar-refractivity contribution in [2.45, 2.75) is 13.3 Å². The Bertz CT molecular complexity index is 787. The number of sulfone groups is 1.